The number of carbonyl (C=O) groups is 1. The van der Waals surface area contributed by atoms with Crippen LogP contribution in [-0.4, -0.2) is 28.6 Å². The summed E-state index contributed by atoms with van der Waals surface area (Å²) in [5.74, 6) is -0.0305. The summed E-state index contributed by atoms with van der Waals surface area (Å²) < 4.78 is 5.25. The monoisotopic (exact) mass is 195 g/mol. The molecule has 5 heteroatoms. The van der Waals surface area contributed by atoms with Gasteiger partial charge in [-0.1, -0.05) is 0 Å². The van der Waals surface area contributed by atoms with E-state index in [0.717, 1.165) is 18.5 Å². The highest BCUT2D eigenvalue weighted by molar-refractivity contribution is 5.80. The molecule has 1 aromatic rings. The molecule has 0 spiro atoms. The molecule has 1 aliphatic heterocycles. The molecular formula is C9H13N3O2. The smallest absolute Gasteiger partial charge is 0.249 e. The fraction of sp³-hybridized carbons (Fsp3) is 0.556. The van der Waals surface area contributed by atoms with Crippen molar-refractivity contribution in [3.63, 3.8) is 0 Å². The van der Waals surface area contributed by atoms with E-state index in [2.05, 4.69) is 15.3 Å². The Morgan fingerprint density at radius 1 is 1.79 bits per heavy atom. The quantitative estimate of drug-likeness (QED) is 0.724. The molecular weight excluding hydrogens is 182 g/mol. The standard InChI is InChI=1S/C9H13N3O2/c13-9(8-2-1-3-14-8)11-5-7-4-10-6-12-7/h4,6,8H,1-3,5H2,(H,10,12)(H,11,13)/t8-/m1/s1. The van der Waals surface area contributed by atoms with Crippen LogP contribution in [0.1, 0.15) is 18.5 Å². The molecule has 1 aromatic heterocycles. The number of amides is 1. The Labute approximate surface area is 81.9 Å². The summed E-state index contributed by atoms with van der Waals surface area (Å²) in [6.45, 7) is 1.18. The summed E-state index contributed by atoms with van der Waals surface area (Å²) in [4.78, 5) is 18.2. The van der Waals surface area contributed by atoms with Crippen LogP contribution in [0.4, 0.5) is 0 Å². The lowest BCUT2D eigenvalue weighted by molar-refractivity contribution is -0.130. The maximum atomic E-state index is 11.5. The van der Waals surface area contributed by atoms with E-state index in [4.69, 9.17) is 4.74 Å². The predicted octanol–water partition coefficient (Wildman–Crippen LogP) is 0.205. The van der Waals surface area contributed by atoms with Crippen LogP contribution >= 0.6 is 0 Å². The van der Waals surface area contributed by atoms with Gasteiger partial charge in [0.25, 0.3) is 0 Å². The maximum Gasteiger partial charge on any atom is 0.249 e. The third kappa shape index (κ3) is 2.11. The van der Waals surface area contributed by atoms with Gasteiger partial charge >= 0.3 is 0 Å². The molecule has 1 amide bonds. The van der Waals surface area contributed by atoms with Gasteiger partial charge in [0.1, 0.15) is 6.10 Å². The van der Waals surface area contributed by atoms with Gasteiger partial charge in [0.2, 0.25) is 5.91 Å². The van der Waals surface area contributed by atoms with Crippen LogP contribution in [-0.2, 0) is 16.1 Å². The summed E-state index contributed by atoms with van der Waals surface area (Å²) in [6.07, 6.45) is 4.83. The molecule has 1 aliphatic rings. The number of aromatic nitrogens is 2. The topological polar surface area (TPSA) is 67.0 Å². The molecule has 0 aromatic carbocycles. The number of hydrogen-bond acceptors (Lipinski definition) is 3. The third-order valence-corrected chi connectivity index (χ3v) is 2.23. The fourth-order valence-corrected chi connectivity index (χ4v) is 1.46. The molecule has 0 radical (unpaired) electrons. The number of carbonyl (C=O) groups excluding carboxylic acids is 1. The van der Waals surface area contributed by atoms with Crippen LogP contribution in [0.2, 0.25) is 0 Å². The first kappa shape index (κ1) is 9.21. The van der Waals surface area contributed by atoms with Crippen molar-refractivity contribution in [3.8, 4) is 0 Å². The van der Waals surface area contributed by atoms with Gasteiger partial charge in [-0.15, -0.1) is 0 Å². The van der Waals surface area contributed by atoms with Crippen LogP contribution in [0.5, 0.6) is 0 Å². The normalized spacial score (nSPS) is 21.0. The maximum absolute atomic E-state index is 11.5. The van der Waals surface area contributed by atoms with Gasteiger partial charge in [-0.3, -0.25) is 4.79 Å². The summed E-state index contributed by atoms with van der Waals surface area (Å²) in [5.41, 5.74) is 0.899. The van der Waals surface area contributed by atoms with Crippen molar-refractivity contribution >= 4 is 5.91 Å². The van der Waals surface area contributed by atoms with E-state index in [1.54, 1.807) is 12.5 Å². The van der Waals surface area contributed by atoms with Gasteiger partial charge < -0.3 is 15.0 Å². The van der Waals surface area contributed by atoms with Crippen LogP contribution in [0.3, 0.4) is 0 Å². The van der Waals surface area contributed by atoms with E-state index in [1.807, 2.05) is 0 Å². The summed E-state index contributed by atoms with van der Waals surface area (Å²) in [7, 11) is 0. The van der Waals surface area contributed by atoms with E-state index >= 15 is 0 Å². The summed E-state index contributed by atoms with van der Waals surface area (Å²) in [5, 5.41) is 2.79. The lowest BCUT2D eigenvalue weighted by atomic mass is 10.2. The van der Waals surface area contributed by atoms with Gasteiger partial charge in [0.05, 0.1) is 18.6 Å². The van der Waals surface area contributed by atoms with Crippen molar-refractivity contribution in [1.29, 1.82) is 0 Å². The number of hydrogen-bond donors (Lipinski definition) is 2. The molecule has 1 saturated heterocycles. The van der Waals surface area contributed by atoms with Crippen molar-refractivity contribution in [2.24, 2.45) is 0 Å². The number of nitrogens with zero attached hydrogens (tertiary/aromatic N) is 1. The van der Waals surface area contributed by atoms with Crippen LogP contribution in [0.25, 0.3) is 0 Å². The molecule has 14 heavy (non-hydrogen) atoms. The Morgan fingerprint density at radius 2 is 2.71 bits per heavy atom. The predicted molar refractivity (Wildman–Crippen MR) is 49.4 cm³/mol. The summed E-state index contributed by atoms with van der Waals surface area (Å²) >= 11 is 0. The first-order valence-corrected chi connectivity index (χ1v) is 4.73. The Morgan fingerprint density at radius 3 is 3.36 bits per heavy atom. The highest BCUT2D eigenvalue weighted by Gasteiger charge is 2.22. The van der Waals surface area contributed by atoms with E-state index in [1.165, 1.54) is 0 Å². The van der Waals surface area contributed by atoms with Gasteiger partial charge in [-0.05, 0) is 12.8 Å². The van der Waals surface area contributed by atoms with Crippen molar-refractivity contribution in [2.75, 3.05) is 6.61 Å². The van der Waals surface area contributed by atoms with Crippen LogP contribution in [0, 0.1) is 0 Å². The third-order valence-electron chi connectivity index (χ3n) is 2.23. The van der Waals surface area contributed by atoms with Gasteiger partial charge in [-0.25, -0.2) is 4.98 Å². The molecule has 1 fully saturated rings. The Balaban J connectivity index is 1.77. The second-order valence-corrected chi connectivity index (χ2v) is 3.30. The Bertz CT molecular complexity index is 291. The van der Waals surface area contributed by atoms with Crippen molar-refractivity contribution in [3.05, 3.63) is 18.2 Å². The molecule has 0 unspecified atom stereocenters. The molecule has 0 saturated carbocycles. The average molecular weight is 195 g/mol. The molecule has 0 bridgehead atoms. The van der Waals surface area contributed by atoms with Crippen LogP contribution in [0.15, 0.2) is 12.5 Å². The number of aromatic amines is 1. The highest BCUT2D eigenvalue weighted by Crippen LogP contribution is 2.11. The molecule has 2 N–H and O–H groups in total. The Hall–Kier alpha value is -1.36. The van der Waals surface area contributed by atoms with Crippen LogP contribution < -0.4 is 5.32 Å². The number of imidazole rings is 1. The van der Waals surface area contributed by atoms with Gasteiger partial charge in [0.15, 0.2) is 0 Å². The van der Waals surface area contributed by atoms with E-state index in [0.29, 0.717) is 13.2 Å². The largest absolute Gasteiger partial charge is 0.368 e. The van der Waals surface area contributed by atoms with Crippen molar-refractivity contribution in [2.45, 2.75) is 25.5 Å². The fourth-order valence-electron chi connectivity index (χ4n) is 1.46. The number of ether oxygens (including phenoxy) is 1. The SMILES string of the molecule is O=C(NCc1cnc[nH]1)[C@H]1CCCO1. The number of nitrogens with one attached hydrogen (secondary N) is 2. The first-order chi connectivity index (χ1) is 6.86. The molecule has 2 heterocycles. The zero-order valence-corrected chi connectivity index (χ0v) is 7.82. The number of rotatable bonds is 3. The van der Waals surface area contributed by atoms with E-state index in [-0.39, 0.29) is 12.0 Å². The first-order valence-electron chi connectivity index (χ1n) is 4.73. The zero-order valence-electron chi connectivity index (χ0n) is 7.82. The minimum atomic E-state index is -0.252. The lowest BCUT2D eigenvalue weighted by Crippen LogP contribution is -2.33. The van der Waals surface area contributed by atoms with Gasteiger partial charge in [-0.2, -0.15) is 0 Å². The molecule has 76 valence electrons. The van der Waals surface area contributed by atoms with Gasteiger partial charge in [0, 0.05) is 12.8 Å². The minimum Gasteiger partial charge on any atom is -0.368 e. The second-order valence-electron chi connectivity index (χ2n) is 3.30. The molecule has 1 atom stereocenters. The van der Waals surface area contributed by atoms with Crippen molar-refractivity contribution < 1.29 is 9.53 Å². The minimum absolute atomic E-state index is 0.0305. The van der Waals surface area contributed by atoms with Crippen molar-refractivity contribution in [1.82, 2.24) is 15.3 Å². The molecule has 0 aliphatic carbocycles. The molecule has 5 nitrogen and oxygen atoms in total. The van der Waals surface area contributed by atoms with E-state index < -0.39 is 0 Å². The summed E-state index contributed by atoms with van der Waals surface area (Å²) in [6, 6.07) is 0. The zero-order chi connectivity index (χ0) is 9.80. The highest BCUT2D eigenvalue weighted by atomic mass is 16.5. The van der Waals surface area contributed by atoms with E-state index in [9.17, 15) is 4.79 Å². The lowest BCUT2D eigenvalue weighted by Gasteiger charge is -2.08. The average Bonchev–Trinajstić information content (AvgIpc) is 2.87. The second kappa shape index (κ2) is 4.23. The number of H-pyrrole nitrogens is 1. The Kier molecular flexibility index (Phi) is 2.78. The molecule has 2 rings (SSSR count).